The van der Waals surface area contributed by atoms with Crippen molar-refractivity contribution in [2.75, 3.05) is 29.5 Å². The molecular formula is C71H74N20O7. The smallest absolute Gasteiger partial charge is 0.406 e. The van der Waals surface area contributed by atoms with E-state index >= 15 is 0 Å². The van der Waals surface area contributed by atoms with Crippen LogP contribution in [0.15, 0.2) is 172 Å². The molecule has 0 saturated heterocycles. The van der Waals surface area contributed by atoms with Crippen molar-refractivity contribution in [3.63, 3.8) is 0 Å². The molecule has 14 aromatic rings. The number of carbonyl (C=O) groups is 3. The maximum Gasteiger partial charge on any atom is 0.418 e. The molecule has 0 spiro atoms. The number of hydrogen-bond donors (Lipinski definition) is 9. The summed E-state index contributed by atoms with van der Waals surface area (Å²) in [7, 11) is 1.93. The zero-order chi connectivity index (χ0) is 69.8. The normalized spacial score (nSPS) is 12.4. The number of imidazole rings is 1. The van der Waals surface area contributed by atoms with E-state index < -0.39 is 5.76 Å². The van der Waals surface area contributed by atoms with Crippen LogP contribution in [-0.4, -0.2) is 116 Å². The molecule has 98 heavy (non-hydrogen) atoms. The first-order valence-corrected chi connectivity index (χ1v) is 31.0. The highest BCUT2D eigenvalue weighted by Gasteiger charge is 2.19. The van der Waals surface area contributed by atoms with Crippen LogP contribution in [0, 0.1) is 62.3 Å². The number of H-pyrrole nitrogens is 6. The summed E-state index contributed by atoms with van der Waals surface area (Å²) in [6, 6.07) is 25.1. The van der Waals surface area contributed by atoms with Crippen molar-refractivity contribution < 1.29 is 18.8 Å². The van der Waals surface area contributed by atoms with E-state index in [0.717, 1.165) is 108 Å². The van der Waals surface area contributed by atoms with Crippen LogP contribution in [0.3, 0.4) is 0 Å². The molecule has 0 atom stereocenters. The van der Waals surface area contributed by atoms with Crippen molar-refractivity contribution in [2.45, 2.75) is 88.1 Å². The number of aromatic nitrogens is 16. The highest BCUT2D eigenvalue weighted by molar-refractivity contribution is 5.98. The molecule has 0 fully saturated rings. The lowest BCUT2D eigenvalue weighted by Crippen LogP contribution is -2.26. The first-order chi connectivity index (χ1) is 47.0. The summed E-state index contributed by atoms with van der Waals surface area (Å²) in [4.78, 5) is 117. The van der Waals surface area contributed by atoms with Crippen LogP contribution < -0.4 is 33.0 Å². The van der Waals surface area contributed by atoms with Crippen LogP contribution in [0.1, 0.15) is 73.2 Å². The Bertz CT molecular complexity index is 5110. The third-order valence-corrected chi connectivity index (χ3v) is 14.3. The maximum atomic E-state index is 11.3. The molecule has 0 bridgehead atoms. The molecule has 27 heteroatoms. The first kappa shape index (κ1) is 69.8. The lowest BCUT2D eigenvalue weighted by molar-refractivity contribution is -0.117. The molecule has 17 heterocycles. The van der Waals surface area contributed by atoms with Crippen molar-refractivity contribution in [3.05, 3.63) is 251 Å². The Balaban J connectivity index is 0.000000129. The van der Waals surface area contributed by atoms with Crippen molar-refractivity contribution >= 4 is 90.7 Å². The molecule has 14 aromatic heterocycles. The number of aromatic amines is 6. The fourth-order valence-corrected chi connectivity index (χ4v) is 9.78. The second kappa shape index (κ2) is 33.0. The summed E-state index contributed by atoms with van der Waals surface area (Å²) in [6.07, 6.45) is 23.2. The minimum atomic E-state index is -0.460. The summed E-state index contributed by atoms with van der Waals surface area (Å²) >= 11 is 0. The molecule has 27 nitrogen and oxygen atoms in total. The maximum absolute atomic E-state index is 11.3. The summed E-state index contributed by atoms with van der Waals surface area (Å²) in [5.41, 5.74) is 17.8. The van der Waals surface area contributed by atoms with Gasteiger partial charge in [0.1, 0.15) is 28.7 Å². The summed E-state index contributed by atoms with van der Waals surface area (Å²) < 4.78 is 4.78. The molecule has 9 N–H and O–H groups in total. The van der Waals surface area contributed by atoms with Gasteiger partial charge < -0.3 is 35.3 Å². The van der Waals surface area contributed by atoms with Crippen molar-refractivity contribution in [1.82, 2.24) is 84.9 Å². The van der Waals surface area contributed by atoms with Crippen LogP contribution in [0.2, 0.25) is 0 Å². The van der Waals surface area contributed by atoms with E-state index in [1.54, 1.807) is 61.7 Å². The van der Waals surface area contributed by atoms with Gasteiger partial charge in [-0.2, -0.15) is 5.10 Å². The number of rotatable bonds is 0. The summed E-state index contributed by atoms with van der Waals surface area (Å²) in [5.74, 6) is 1.81. The van der Waals surface area contributed by atoms with Crippen molar-refractivity contribution in [2.24, 2.45) is 0 Å². The van der Waals surface area contributed by atoms with Crippen LogP contribution in [0.4, 0.5) is 17.5 Å². The Hall–Kier alpha value is -12.5. The first-order valence-electron chi connectivity index (χ1n) is 31.0. The Labute approximate surface area is 561 Å². The lowest BCUT2D eigenvalue weighted by Gasteiger charge is -2.15. The zero-order valence-corrected chi connectivity index (χ0v) is 55.7. The van der Waals surface area contributed by atoms with Gasteiger partial charge in [-0.05, 0) is 186 Å². The Morgan fingerprint density at radius 1 is 0.418 bits per heavy atom. The second-order valence-electron chi connectivity index (χ2n) is 23.5. The minimum absolute atomic E-state index is 0.00241. The predicted molar refractivity (Wildman–Crippen MR) is 378 cm³/mol. The monoisotopic (exact) mass is 1320 g/mol. The standard InChI is InChI=1S/C10H13N3O.C9H10N2O.C9H8N2O.C8H8N2O.C8H8N2.C7H7N3O.C7H7N3.C7H6N2O2.C6H7N/c1-7-3-8-5-13(2)6-9(14)12-10(8)11-4-7;2*1-6-4-7-2-3-8(12)11-9(7)10-5-6;1-5-2-6-3-7(11)10-8(6)9-4-5;1-6-4-7-2-3-9-8(7)10-5-6;1-4-2-5-6(8-3-4)10-7(11)9-5;1-5-2-6-4-9-10-7(6)8-3-5;1-4-2-5-6(8-3-4)9-7(10)11-5;1-6-3-2-4-7-5-6/h3-4H,5-6H2,1-2H3,(H,11,12,14);4-5H,2-3H2,1H3,(H,10,11,12);2-5H,1H3,(H,10,11,12);2,4H,3H2,1H3,(H,9,10,11);2-5H,1H3,(H,9,10);2-3H,1H3,(H2,8,9,10,11);2-4H,1H3,(H,8,9,10);2-3H,1H3,(H,8,9,10);2-5H,1H3. The van der Waals surface area contributed by atoms with E-state index in [-0.39, 0.29) is 29.0 Å². The molecular weight excluding hydrogens is 1240 g/mol. The van der Waals surface area contributed by atoms with Gasteiger partial charge in [0.25, 0.3) is 0 Å². The van der Waals surface area contributed by atoms with E-state index in [1.165, 1.54) is 22.6 Å². The van der Waals surface area contributed by atoms with Gasteiger partial charge in [0.05, 0.1) is 24.7 Å². The van der Waals surface area contributed by atoms with Crippen LogP contribution in [0.25, 0.3) is 55.5 Å². The number of carbonyl (C=O) groups excluding carboxylic acids is 3. The van der Waals surface area contributed by atoms with Crippen LogP contribution in [0.5, 0.6) is 0 Å². The van der Waals surface area contributed by atoms with Crippen molar-refractivity contribution in [1.29, 1.82) is 0 Å². The molecule has 3 aliphatic heterocycles. The number of pyridine rings is 10. The Morgan fingerprint density at radius 2 is 0.959 bits per heavy atom. The SMILES string of the molecule is Cc1cccnc1.Cc1cnc2[nH]c(=O)[nH]c2c1.Cc1cnc2[nH]c(=O)ccc2c1.Cc1cnc2[nH]c(=O)oc2c1.Cc1cnc2[nH]ccc2c1.Cc1cnc2[nH]ncc2c1.Cc1cnc2c(c1)CC(=O)N2.Cc1cnc2c(c1)CCC(=O)N2.Cc1cnc2c(c1)CN(C)CC(=O)N2. The van der Waals surface area contributed by atoms with Gasteiger partial charge in [-0.3, -0.25) is 44.1 Å². The quantitative estimate of drug-likeness (QED) is 0.0681. The van der Waals surface area contributed by atoms with Gasteiger partial charge in [-0.25, -0.2) is 49.5 Å². The average molecular weight is 1320 g/mol. The number of likely N-dealkylation sites (N-methyl/N-ethyl adjacent to an activating group) is 1. The van der Waals surface area contributed by atoms with Crippen molar-refractivity contribution in [3.8, 4) is 0 Å². The molecule has 3 amide bonds. The number of aryl methyl sites for hydroxylation is 10. The van der Waals surface area contributed by atoms with Crippen LogP contribution in [-0.2, 0) is 33.8 Å². The Kier molecular flexibility index (Phi) is 23.5. The molecule has 500 valence electrons. The van der Waals surface area contributed by atoms with Gasteiger partial charge >= 0.3 is 11.4 Å². The van der Waals surface area contributed by atoms with Gasteiger partial charge in [0.15, 0.2) is 22.5 Å². The largest absolute Gasteiger partial charge is 0.418 e. The van der Waals surface area contributed by atoms with E-state index in [4.69, 9.17) is 4.42 Å². The number of fused-ring (bicyclic) bond motifs is 8. The summed E-state index contributed by atoms with van der Waals surface area (Å²) in [5, 5.41) is 18.1. The van der Waals surface area contributed by atoms with E-state index in [2.05, 4.69) is 114 Å². The summed E-state index contributed by atoms with van der Waals surface area (Å²) in [6.45, 7) is 19.0. The highest BCUT2D eigenvalue weighted by Crippen LogP contribution is 2.22. The van der Waals surface area contributed by atoms with Gasteiger partial charge in [-0.1, -0.05) is 18.2 Å². The molecule has 17 rings (SSSR count). The van der Waals surface area contributed by atoms with Crippen LogP contribution >= 0.6 is 0 Å². The number of oxazole rings is 1. The molecule has 0 aromatic carbocycles. The predicted octanol–water partition coefficient (Wildman–Crippen LogP) is 10.1. The fraction of sp³-hybridized carbons (Fsp3) is 0.211. The number of nitrogens with zero attached hydrogens (tertiary/aromatic N) is 11. The molecule has 3 aliphatic rings. The zero-order valence-electron chi connectivity index (χ0n) is 55.7. The third kappa shape index (κ3) is 20.7. The van der Waals surface area contributed by atoms with E-state index in [0.29, 0.717) is 47.7 Å². The van der Waals surface area contributed by atoms with E-state index in [1.807, 2.05) is 142 Å². The number of nitrogens with one attached hydrogen (secondary N) is 9. The average Bonchev–Trinajstić information content (AvgIpc) is 1.60. The molecule has 0 radical (unpaired) electrons. The van der Waals surface area contributed by atoms with Gasteiger partial charge in [-0.15, -0.1) is 0 Å². The number of amides is 3. The minimum Gasteiger partial charge on any atom is -0.406 e. The lowest BCUT2D eigenvalue weighted by atomic mass is 10.1. The third-order valence-electron chi connectivity index (χ3n) is 14.3. The molecule has 0 unspecified atom stereocenters. The van der Waals surface area contributed by atoms with Gasteiger partial charge in [0.2, 0.25) is 23.3 Å². The number of anilines is 3. The fourth-order valence-electron chi connectivity index (χ4n) is 9.78. The Morgan fingerprint density at radius 3 is 1.62 bits per heavy atom. The second-order valence-corrected chi connectivity index (χ2v) is 23.5. The molecule has 0 aliphatic carbocycles. The van der Waals surface area contributed by atoms with Gasteiger partial charge in [0, 0.05) is 114 Å². The topological polar surface area (TPSA) is 379 Å². The number of hydrogen-bond acceptors (Lipinski definition) is 18. The highest BCUT2D eigenvalue weighted by atomic mass is 16.4. The molecule has 0 saturated carbocycles. The van der Waals surface area contributed by atoms with E-state index in [9.17, 15) is 28.8 Å².